The number of aliphatic hydroxyl groups is 1. The molecule has 0 radical (unpaired) electrons. The molecule has 3 N–H and O–H groups in total. The van der Waals surface area contributed by atoms with Crippen LogP contribution in [-0.2, 0) is 4.79 Å². The van der Waals surface area contributed by atoms with E-state index in [1.54, 1.807) is 11.8 Å². The lowest BCUT2D eigenvalue weighted by Crippen LogP contribution is -2.41. The summed E-state index contributed by atoms with van der Waals surface area (Å²) in [7, 11) is 0. The molecule has 0 saturated carbocycles. The highest BCUT2D eigenvalue weighted by molar-refractivity contribution is 5.74. The monoisotopic (exact) mass is 272 g/mol. The quantitative estimate of drug-likeness (QED) is 0.674. The number of amides is 2. The lowest BCUT2D eigenvalue weighted by atomic mass is 10.0. The van der Waals surface area contributed by atoms with Crippen LogP contribution < -0.4 is 5.32 Å². The molecule has 0 bridgehead atoms. The second-order valence-corrected chi connectivity index (χ2v) is 5.73. The van der Waals surface area contributed by atoms with Crippen molar-refractivity contribution in [2.75, 3.05) is 19.6 Å². The summed E-state index contributed by atoms with van der Waals surface area (Å²) in [5.41, 5.74) is -0.772. The van der Waals surface area contributed by atoms with Crippen molar-refractivity contribution in [2.45, 2.75) is 45.1 Å². The Morgan fingerprint density at radius 1 is 1.42 bits per heavy atom. The zero-order valence-electron chi connectivity index (χ0n) is 11.7. The Labute approximate surface area is 113 Å². The summed E-state index contributed by atoms with van der Waals surface area (Å²) in [5.74, 6) is -0.506. The van der Waals surface area contributed by atoms with Crippen LogP contribution >= 0.6 is 0 Å². The summed E-state index contributed by atoms with van der Waals surface area (Å²) in [6.45, 7) is 5.20. The Morgan fingerprint density at radius 3 is 2.63 bits per heavy atom. The van der Waals surface area contributed by atoms with Crippen molar-refractivity contribution in [2.24, 2.45) is 5.92 Å². The van der Waals surface area contributed by atoms with E-state index in [1.807, 2.05) is 6.92 Å². The predicted molar refractivity (Wildman–Crippen MR) is 70.9 cm³/mol. The van der Waals surface area contributed by atoms with Gasteiger partial charge in [0.05, 0.1) is 12.1 Å². The molecule has 19 heavy (non-hydrogen) atoms. The van der Waals surface area contributed by atoms with Gasteiger partial charge in [0.1, 0.15) is 0 Å². The molecule has 6 heteroatoms. The number of nitrogens with one attached hydrogen (secondary N) is 1. The lowest BCUT2D eigenvalue weighted by Gasteiger charge is -2.20. The maximum atomic E-state index is 11.8. The molecule has 2 amide bonds. The molecule has 6 nitrogen and oxygen atoms in total. The molecule has 1 aliphatic heterocycles. The van der Waals surface area contributed by atoms with Crippen LogP contribution in [0, 0.1) is 5.92 Å². The Morgan fingerprint density at radius 2 is 2.11 bits per heavy atom. The number of carboxylic acid groups (broad SMARTS) is 1. The van der Waals surface area contributed by atoms with Gasteiger partial charge in [-0.15, -0.1) is 0 Å². The van der Waals surface area contributed by atoms with E-state index in [0.717, 1.165) is 6.42 Å². The molecule has 2 unspecified atom stereocenters. The highest BCUT2D eigenvalue weighted by atomic mass is 16.4. The summed E-state index contributed by atoms with van der Waals surface area (Å²) in [5, 5.41) is 21.2. The number of likely N-dealkylation sites (tertiary alicyclic amines) is 1. The van der Waals surface area contributed by atoms with Gasteiger partial charge in [-0.25, -0.2) is 4.79 Å². The van der Waals surface area contributed by atoms with E-state index >= 15 is 0 Å². The van der Waals surface area contributed by atoms with E-state index in [-0.39, 0.29) is 18.4 Å². The van der Waals surface area contributed by atoms with Crippen molar-refractivity contribution in [1.82, 2.24) is 10.2 Å². The predicted octanol–water partition coefficient (Wildman–Crippen LogP) is 1.04. The number of carboxylic acids is 1. The highest BCUT2D eigenvalue weighted by Crippen LogP contribution is 2.19. The Bertz CT molecular complexity index is 331. The number of hydrogen-bond donors (Lipinski definition) is 3. The molecule has 110 valence electrons. The first-order chi connectivity index (χ1) is 8.80. The van der Waals surface area contributed by atoms with E-state index in [0.29, 0.717) is 32.5 Å². The second kappa shape index (κ2) is 6.75. The maximum Gasteiger partial charge on any atom is 0.317 e. The van der Waals surface area contributed by atoms with Gasteiger partial charge in [-0.3, -0.25) is 4.79 Å². The number of nitrogens with zero attached hydrogens (tertiary/aromatic N) is 1. The van der Waals surface area contributed by atoms with Gasteiger partial charge < -0.3 is 20.4 Å². The Kier molecular flexibility index (Phi) is 5.60. The van der Waals surface area contributed by atoms with Crippen LogP contribution in [0.2, 0.25) is 0 Å². The summed E-state index contributed by atoms with van der Waals surface area (Å²) in [4.78, 5) is 23.8. The van der Waals surface area contributed by atoms with E-state index in [1.165, 1.54) is 0 Å². The van der Waals surface area contributed by atoms with Crippen molar-refractivity contribution < 1.29 is 19.8 Å². The third kappa shape index (κ3) is 5.92. The lowest BCUT2D eigenvalue weighted by molar-refractivity contribution is -0.137. The molecule has 0 aromatic rings. The molecule has 0 spiro atoms. The van der Waals surface area contributed by atoms with Gasteiger partial charge in [0.2, 0.25) is 0 Å². The number of β-amino-alcohol motifs (C(OH)–C–C–N with tert-alkyl or cyclic N) is 1. The van der Waals surface area contributed by atoms with Crippen molar-refractivity contribution in [1.29, 1.82) is 0 Å². The van der Waals surface area contributed by atoms with Gasteiger partial charge in [0.25, 0.3) is 0 Å². The van der Waals surface area contributed by atoms with Gasteiger partial charge in [-0.05, 0) is 32.1 Å². The van der Waals surface area contributed by atoms with Crippen LogP contribution in [-0.4, -0.2) is 52.3 Å². The zero-order chi connectivity index (χ0) is 14.5. The summed E-state index contributed by atoms with van der Waals surface area (Å²) < 4.78 is 0. The Balaban J connectivity index is 2.15. The third-order valence-corrected chi connectivity index (χ3v) is 3.50. The normalized spacial score (nSPS) is 24.3. The average molecular weight is 272 g/mol. The Hall–Kier alpha value is -1.30. The average Bonchev–Trinajstić information content (AvgIpc) is 2.67. The molecule has 0 aromatic heterocycles. The molecule has 1 saturated heterocycles. The largest absolute Gasteiger partial charge is 0.481 e. The van der Waals surface area contributed by atoms with Crippen LogP contribution in [0.15, 0.2) is 0 Å². The fourth-order valence-corrected chi connectivity index (χ4v) is 2.17. The molecule has 1 aliphatic rings. The maximum absolute atomic E-state index is 11.8. The molecular weight excluding hydrogens is 248 g/mol. The topological polar surface area (TPSA) is 89.9 Å². The number of aliphatic carboxylic acids is 1. The standard InChI is InChI=1S/C13H24N2O4/c1-10(3-4-11(16)17)5-7-14-12(18)15-8-6-13(2,19)9-15/h10,19H,3-9H2,1-2H3,(H,14,18)(H,16,17). The number of carbonyl (C=O) groups is 2. The second-order valence-electron chi connectivity index (χ2n) is 5.73. The number of rotatable bonds is 6. The minimum atomic E-state index is -0.782. The minimum absolute atomic E-state index is 0.150. The number of carbonyl (C=O) groups excluding carboxylic acids is 1. The molecule has 0 aliphatic carbocycles. The van der Waals surface area contributed by atoms with Gasteiger partial charge in [-0.1, -0.05) is 6.92 Å². The van der Waals surface area contributed by atoms with Crippen LogP contribution in [0.3, 0.4) is 0 Å². The smallest absolute Gasteiger partial charge is 0.317 e. The zero-order valence-corrected chi connectivity index (χ0v) is 11.7. The van der Waals surface area contributed by atoms with E-state index in [2.05, 4.69) is 5.32 Å². The first-order valence-corrected chi connectivity index (χ1v) is 6.77. The van der Waals surface area contributed by atoms with Gasteiger partial charge in [-0.2, -0.15) is 0 Å². The fraction of sp³-hybridized carbons (Fsp3) is 0.846. The van der Waals surface area contributed by atoms with Gasteiger partial charge in [0.15, 0.2) is 0 Å². The molecule has 1 heterocycles. The number of hydrogen-bond acceptors (Lipinski definition) is 3. The fourth-order valence-electron chi connectivity index (χ4n) is 2.17. The summed E-state index contributed by atoms with van der Waals surface area (Å²) >= 11 is 0. The van der Waals surface area contributed by atoms with E-state index in [4.69, 9.17) is 5.11 Å². The first-order valence-electron chi connectivity index (χ1n) is 6.77. The van der Waals surface area contributed by atoms with Gasteiger partial charge in [0, 0.05) is 19.5 Å². The SMILES string of the molecule is CC(CCNC(=O)N1CCC(C)(O)C1)CCC(=O)O. The molecule has 2 atom stereocenters. The van der Waals surface area contributed by atoms with Crippen molar-refractivity contribution in [3.05, 3.63) is 0 Å². The van der Waals surface area contributed by atoms with Crippen LogP contribution in [0.4, 0.5) is 4.79 Å². The molecular formula is C13H24N2O4. The molecule has 1 fully saturated rings. The highest BCUT2D eigenvalue weighted by Gasteiger charge is 2.33. The van der Waals surface area contributed by atoms with Crippen molar-refractivity contribution >= 4 is 12.0 Å². The third-order valence-electron chi connectivity index (χ3n) is 3.50. The molecule has 0 aromatic carbocycles. The molecule has 1 rings (SSSR count). The minimum Gasteiger partial charge on any atom is -0.481 e. The van der Waals surface area contributed by atoms with Crippen molar-refractivity contribution in [3.63, 3.8) is 0 Å². The van der Waals surface area contributed by atoms with Gasteiger partial charge >= 0.3 is 12.0 Å². The summed E-state index contributed by atoms with van der Waals surface area (Å²) in [6, 6.07) is -0.150. The van der Waals surface area contributed by atoms with Crippen LogP contribution in [0.5, 0.6) is 0 Å². The van der Waals surface area contributed by atoms with Crippen LogP contribution in [0.1, 0.15) is 39.5 Å². The first kappa shape index (κ1) is 15.8. The number of urea groups is 1. The van der Waals surface area contributed by atoms with E-state index in [9.17, 15) is 14.7 Å². The summed E-state index contributed by atoms with van der Waals surface area (Å²) in [6.07, 6.45) is 2.17. The van der Waals surface area contributed by atoms with E-state index < -0.39 is 11.6 Å². The van der Waals surface area contributed by atoms with Crippen molar-refractivity contribution in [3.8, 4) is 0 Å². The van der Waals surface area contributed by atoms with Crippen LogP contribution in [0.25, 0.3) is 0 Å².